The van der Waals surface area contributed by atoms with Crippen LogP contribution >= 0.6 is 0 Å². The topological polar surface area (TPSA) is 71.9 Å². The van der Waals surface area contributed by atoms with Crippen LogP contribution in [0.4, 0.5) is 0 Å². The number of pyridine rings is 1. The zero-order valence-corrected chi connectivity index (χ0v) is 27.5. The highest BCUT2D eigenvalue weighted by Crippen LogP contribution is 2.40. The van der Waals surface area contributed by atoms with E-state index < -0.39 is 11.9 Å². The Labute approximate surface area is 259 Å². The third kappa shape index (κ3) is 9.30. The third-order valence-corrected chi connectivity index (χ3v) is 8.07. The number of carboxylic acids is 1. The van der Waals surface area contributed by atoms with Crippen LogP contribution < -0.4 is 9.47 Å². The van der Waals surface area contributed by atoms with E-state index in [1.165, 1.54) is 36.0 Å². The number of hydrogen-bond acceptors (Lipinski definition) is 5. The van der Waals surface area contributed by atoms with Crippen LogP contribution in [0.25, 0.3) is 11.1 Å². The van der Waals surface area contributed by atoms with Gasteiger partial charge in [-0.15, -0.1) is 0 Å². The lowest BCUT2D eigenvalue weighted by Gasteiger charge is -2.34. The second-order valence-electron chi connectivity index (χ2n) is 11.6. The van der Waals surface area contributed by atoms with Gasteiger partial charge >= 0.3 is 5.97 Å². The molecular weight excluding hydrogens is 536 g/mol. The maximum atomic E-state index is 11.3. The summed E-state index contributed by atoms with van der Waals surface area (Å²) in [6, 6.07) is 17.5. The molecule has 234 valence electrons. The first kappa shape index (κ1) is 34.1. The van der Waals surface area contributed by atoms with Crippen molar-refractivity contribution < 1.29 is 19.4 Å². The molecule has 3 aromatic rings. The molecule has 0 bridgehead atoms. The number of benzene rings is 2. The number of fused-ring (bicyclic) bond motifs is 1. The quantitative estimate of drug-likeness (QED) is 0.255. The number of aliphatic carboxylic acids is 1. The van der Waals surface area contributed by atoms with Gasteiger partial charge in [-0.05, 0) is 98.2 Å². The number of ether oxygens (including phenoxy) is 2. The van der Waals surface area contributed by atoms with Gasteiger partial charge in [0.1, 0.15) is 11.9 Å². The molecule has 1 aliphatic carbocycles. The van der Waals surface area contributed by atoms with Crippen LogP contribution in [0.15, 0.2) is 54.7 Å². The van der Waals surface area contributed by atoms with Gasteiger partial charge in [-0.1, -0.05) is 71.2 Å². The number of carbonyl (C=O) groups is 1. The van der Waals surface area contributed by atoms with Crippen LogP contribution in [0, 0.1) is 5.92 Å². The Hall–Kier alpha value is -3.38. The first-order chi connectivity index (χ1) is 20.7. The van der Waals surface area contributed by atoms with E-state index in [1.807, 2.05) is 38.1 Å². The maximum absolute atomic E-state index is 11.3. The standard InChI is InChI=1S/C32H40N2O4.C3H6.C2H6/c1-7-34(20(2)3)22(5)28-18-26(10-12-27(28)25-14-15-33-31(19-25)37-6)29-13-11-24-9-8-23(17-30(24)38-29)16-21(4)32(35)36;1-2-3-1;1-2/h8-10,12,14-15,17-22,29H,7,11,13,16H2,1-6H3,(H,35,36);1-3H2;1-2H3/t21?,22?,29-;;/m0../s1. The van der Waals surface area contributed by atoms with Crippen molar-refractivity contribution >= 4 is 5.97 Å². The summed E-state index contributed by atoms with van der Waals surface area (Å²) in [4.78, 5) is 18.1. The highest BCUT2D eigenvalue weighted by Gasteiger charge is 2.26. The highest BCUT2D eigenvalue weighted by atomic mass is 16.5. The fourth-order valence-electron chi connectivity index (χ4n) is 5.56. The summed E-state index contributed by atoms with van der Waals surface area (Å²) in [6.07, 6.45) is 8.55. The van der Waals surface area contributed by atoms with E-state index in [1.54, 1.807) is 20.2 Å². The molecule has 1 N–H and O–H groups in total. The van der Waals surface area contributed by atoms with Crippen molar-refractivity contribution in [3.63, 3.8) is 0 Å². The van der Waals surface area contributed by atoms with Crippen LogP contribution in [0.5, 0.6) is 11.6 Å². The molecule has 6 heteroatoms. The maximum Gasteiger partial charge on any atom is 0.306 e. The number of rotatable bonds is 10. The van der Waals surface area contributed by atoms with Gasteiger partial charge in [0.15, 0.2) is 0 Å². The average molecular weight is 589 g/mol. The summed E-state index contributed by atoms with van der Waals surface area (Å²) in [6.45, 7) is 15.7. The van der Waals surface area contributed by atoms with Crippen LogP contribution in [0.1, 0.15) is 109 Å². The Balaban J connectivity index is 0.000000934. The van der Waals surface area contributed by atoms with Gasteiger partial charge in [0.25, 0.3) is 0 Å². The molecule has 0 saturated heterocycles. The predicted molar refractivity (Wildman–Crippen MR) is 176 cm³/mol. The summed E-state index contributed by atoms with van der Waals surface area (Å²) >= 11 is 0. The van der Waals surface area contributed by atoms with Crippen molar-refractivity contribution in [2.45, 2.75) is 105 Å². The number of carboxylic acid groups (broad SMARTS) is 1. The first-order valence-corrected chi connectivity index (χ1v) is 16.1. The molecule has 0 radical (unpaired) electrons. The number of aryl methyl sites for hydroxylation is 1. The molecule has 2 aromatic carbocycles. The van der Waals surface area contributed by atoms with Gasteiger partial charge in [-0.25, -0.2) is 4.98 Å². The van der Waals surface area contributed by atoms with Crippen LogP contribution in [0.3, 0.4) is 0 Å². The Morgan fingerprint density at radius 1 is 1.05 bits per heavy atom. The van der Waals surface area contributed by atoms with Crippen molar-refractivity contribution in [2.24, 2.45) is 5.92 Å². The van der Waals surface area contributed by atoms with Gasteiger partial charge in [0.2, 0.25) is 5.88 Å². The van der Waals surface area contributed by atoms with Crippen molar-refractivity contribution in [3.8, 4) is 22.8 Å². The minimum absolute atomic E-state index is 0.0595. The molecule has 2 aliphatic rings. The van der Waals surface area contributed by atoms with Gasteiger partial charge in [-0.3, -0.25) is 9.69 Å². The molecule has 43 heavy (non-hydrogen) atoms. The summed E-state index contributed by atoms with van der Waals surface area (Å²) in [5.41, 5.74) is 6.83. The minimum Gasteiger partial charge on any atom is -0.485 e. The molecule has 6 nitrogen and oxygen atoms in total. The smallest absolute Gasteiger partial charge is 0.306 e. The van der Waals surface area contributed by atoms with E-state index in [4.69, 9.17) is 9.47 Å². The molecule has 1 aliphatic heterocycles. The van der Waals surface area contributed by atoms with E-state index in [2.05, 4.69) is 61.8 Å². The second kappa shape index (κ2) is 16.5. The van der Waals surface area contributed by atoms with Crippen molar-refractivity contribution in [1.82, 2.24) is 9.88 Å². The lowest BCUT2D eigenvalue weighted by molar-refractivity contribution is -0.141. The Kier molecular flexibility index (Phi) is 13.1. The second-order valence-corrected chi connectivity index (χ2v) is 11.6. The zero-order valence-electron chi connectivity index (χ0n) is 27.5. The number of methoxy groups -OCH3 is 1. The normalized spacial score (nSPS) is 16.5. The Morgan fingerprint density at radius 2 is 1.77 bits per heavy atom. The predicted octanol–water partition coefficient (Wildman–Crippen LogP) is 9.07. The molecule has 1 aromatic heterocycles. The van der Waals surface area contributed by atoms with Crippen LogP contribution in [0.2, 0.25) is 0 Å². The molecule has 5 rings (SSSR count). The van der Waals surface area contributed by atoms with E-state index >= 15 is 0 Å². The van der Waals surface area contributed by atoms with E-state index in [-0.39, 0.29) is 12.1 Å². The molecular formula is C37H52N2O4. The number of aromatic nitrogens is 1. The molecule has 1 fully saturated rings. The van der Waals surface area contributed by atoms with E-state index in [0.29, 0.717) is 18.3 Å². The lowest BCUT2D eigenvalue weighted by Crippen LogP contribution is -2.33. The number of hydrogen-bond donors (Lipinski definition) is 1. The molecule has 0 spiro atoms. The van der Waals surface area contributed by atoms with Gasteiger partial charge < -0.3 is 14.6 Å². The third-order valence-electron chi connectivity index (χ3n) is 8.07. The first-order valence-electron chi connectivity index (χ1n) is 16.1. The molecule has 1 saturated carbocycles. The Bertz CT molecular complexity index is 1320. The summed E-state index contributed by atoms with van der Waals surface area (Å²) < 4.78 is 12.0. The average Bonchev–Trinajstić information content (AvgIpc) is 3.91. The van der Waals surface area contributed by atoms with Gasteiger partial charge in [0, 0.05) is 24.3 Å². The highest BCUT2D eigenvalue weighted by molar-refractivity contribution is 5.70. The van der Waals surface area contributed by atoms with E-state index in [9.17, 15) is 9.90 Å². The summed E-state index contributed by atoms with van der Waals surface area (Å²) in [5.74, 6) is 0.253. The van der Waals surface area contributed by atoms with Gasteiger partial charge in [-0.2, -0.15) is 0 Å². The van der Waals surface area contributed by atoms with Crippen molar-refractivity contribution in [1.29, 1.82) is 0 Å². The monoisotopic (exact) mass is 588 g/mol. The molecule has 0 amide bonds. The molecule has 2 heterocycles. The Morgan fingerprint density at radius 3 is 2.37 bits per heavy atom. The SMILES string of the molecule is C1CC1.CC.CCN(C(C)C)C(C)c1cc([C@@H]2CCc3ccc(CC(C)C(=O)O)cc3O2)ccc1-c1ccnc(OC)c1. The summed E-state index contributed by atoms with van der Waals surface area (Å²) in [7, 11) is 1.64. The fourth-order valence-corrected chi connectivity index (χ4v) is 5.56. The van der Waals surface area contributed by atoms with E-state index in [0.717, 1.165) is 41.8 Å². The molecule has 2 unspecified atom stereocenters. The summed E-state index contributed by atoms with van der Waals surface area (Å²) in [5, 5.41) is 9.32. The number of nitrogens with zero attached hydrogens (tertiary/aromatic N) is 2. The van der Waals surface area contributed by atoms with Gasteiger partial charge in [0.05, 0.1) is 13.0 Å². The largest absolute Gasteiger partial charge is 0.485 e. The molecule has 3 atom stereocenters. The lowest BCUT2D eigenvalue weighted by atomic mass is 9.89. The zero-order chi connectivity index (χ0) is 31.5. The van der Waals surface area contributed by atoms with Crippen LogP contribution in [-0.4, -0.2) is 40.7 Å². The minimum atomic E-state index is -0.780. The van der Waals surface area contributed by atoms with Crippen LogP contribution in [-0.2, 0) is 17.6 Å². The van der Waals surface area contributed by atoms with Crippen molar-refractivity contribution in [3.05, 3.63) is 77.0 Å². The van der Waals surface area contributed by atoms with Crippen molar-refractivity contribution in [2.75, 3.05) is 13.7 Å². The fraction of sp³-hybridized carbons (Fsp3) is 0.514.